The molecule has 1 saturated heterocycles. The van der Waals surface area contributed by atoms with Crippen LogP contribution in [0.25, 0.3) is 11.1 Å². The van der Waals surface area contributed by atoms with Crippen LogP contribution in [-0.4, -0.2) is 49.7 Å². The number of rotatable bonds is 10. The van der Waals surface area contributed by atoms with Gasteiger partial charge in [0.1, 0.15) is 0 Å². The van der Waals surface area contributed by atoms with Crippen LogP contribution in [0, 0.1) is 0 Å². The minimum Gasteiger partial charge on any atom is -0.454 e. The van der Waals surface area contributed by atoms with E-state index in [1.807, 2.05) is 47.4 Å². The van der Waals surface area contributed by atoms with Crippen LogP contribution in [0.2, 0.25) is 0 Å². The zero-order valence-corrected chi connectivity index (χ0v) is 24.1. The van der Waals surface area contributed by atoms with Gasteiger partial charge in [-0.2, -0.15) is 0 Å². The van der Waals surface area contributed by atoms with Crippen molar-refractivity contribution in [1.82, 2.24) is 4.90 Å². The molecule has 2 heterocycles. The fourth-order valence-corrected chi connectivity index (χ4v) is 5.65. The maximum absolute atomic E-state index is 13.6. The second-order valence-corrected chi connectivity index (χ2v) is 10.9. The molecule has 0 unspecified atom stereocenters. The van der Waals surface area contributed by atoms with E-state index in [1.165, 1.54) is 0 Å². The Bertz CT molecular complexity index is 1600. The van der Waals surface area contributed by atoms with Crippen molar-refractivity contribution >= 4 is 23.2 Å². The van der Waals surface area contributed by atoms with Crippen LogP contribution >= 0.6 is 0 Å². The topological polar surface area (TPSA) is 97.1 Å². The second kappa shape index (κ2) is 13.0. The third-order valence-corrected chi connectivity index (χ3v) is 7.90. The first kappa shape index (κ1) is 28.3. The number of hydrogen-bond acceptors (Lipinski definition) is 6. The number of nitrogens with zero attached hydrogens (tertiary/aromatic N) is 2. The fraction of sp³-hybridized carbons (Fsp3) is 0.257. The fourth-order valence-electron chi connectivity index (χ4n) is 5.65. The van der Waals surface area contributed by atoms with E-state index in [4.69, 9.17) is 15.2 Å². The molecule has 2 aliphatic rings. The third-order valence-electron chi connectivity index (χ3n) is 7.90. The van der Waals surface area contributed by atoms with Gasteiger partial charge >= 0.3 is 0 Å². The Morgan fingerprint density at radius 1 is 0.814 bits per heavy atom. The van der Waals surface area contributed by atoms with E-state index < -0.39 is 0 Å². The van der Waals surface area contributed by atoms with Crippen LogP contribution in [0.5, 0.6) is 11.5 Å². The molecule has 0 saturated carbocycles. The number of fused-ring (bicyclic) bond motifs is 1. The molecule has 3 N–H and O–H groups in total. The summed E-state index contributed by atoms with van der Waals surface area (Å²) in [5, 5.41) is 3.17. The molecule has 2 aliphatic heterocycles. The van der Waals surface area contributed by atoms with Gasteiger partial charge in [0.25, 0.3) is 11.8 Å². The minimum atomic E-state index is -0.135. The van der Waals surface area contributed by atoms with Gasteiger partial charge in [0.2, 0.25) is 6.79 Å². The van der Waals surface area contributed by atoms with Gasteiger partial charge in [-0.05, 0) is 91.0 Å². The van der Waals surface area contributed by atoms with Gasteiger partial charge in [-0.15, -0.1) is 0 Å². The lowest BCUT2D eigenvalue weighted by Crippen LogP contribution is -2.32. The van der Waals surface area contributed by atoms with Gasteiger partial charge in [-0.1, -0.05) is 42.5 Å². The largest absolute Gasteiger partial charge is 0.454 e. The highest BCUT2D eigenvalue weighted by Crippen LogP contribution is 2.35. The summed E-state index contributed by atoms with van der Waals surface area (Å²) < 4.78 is 10.9. The number of carbonyl (C=O) groups excluding carboxylic acids is 2. The molecule has 0 bridgehead atoms. The zero-order valence-electron chi connectivity index (χ0n) is 24.1. The average molecular weight is 577 g/mol. The van der Waals surface area contributed by atoms with E-state index in [1.54, 1.807) is 18.2 Å². The molecule has 0 spiro atoms. The lowest BCUT2D eigenvalue weighted by Gasteiger charge is -2.24. The van der Waals surface area contributed by atoms with Crippen molar-refractivity contribution in [3.05, 3.63) is 108 Å². The third kappa shape index (κ3) is 6.49. The average Bonchev–Trinajstić information content (AvgIpc) is 3.76. The van der Waals surface area contributed by atoms with Crippen LogP contribution in [-0.2, 0) is 6.54 Å². The molecule has 6 rings (SSSR count). The maximum Gasteiger partial charge on any atom is 0.255 e. The lowest BCUT2D eigenvalue weighted by atomic mass is 10.0. The van der Waals surface area contributed by atoms with Crippen molar-refractivity contribution in [3.8, 4) is 22.6 Å². The molecule has 8 heteroatoms. The van der Waals surface area contributed by atoms with E-state index in [2.05, 4.69) is 40.5 Å². The second-order valence-electron chi connectivity index (χ2n) is 10.9. The monoisotopic (exact) mass is 576 g/mol. The SMILES string of the molecule is NCCCN(Cc1cccc(-c2ccc(N3CCCC3)c(NC(=O)c3ccccc3)c2)c1)C(=O)c1ccc2c(c1)OCO2. The molecule has 0 aliphatic carbocycles. The Balaban J connectivity index is 1.26. The highest BCUT2D eigenvalue weighted by molar-refractivity contribution is 6.06. The predicted octanol–water partition coefficient (Wildman–Crippen LogP) is 5.93. The molecular weight excluding hydrogens is 540 g/mol. The highest BCUT2D eigenvalue weighted by Gasteiger charge is 2.22. The molecule has 4 aromatic rings. The number of amides is 2. The van der Waals surface area contributed by atoms with Gasteiger partial charge in [-0.3, -0.25) is 9.59 Å². The number of nitrogens with one attached hydrogen (secondary N) is 1. The molecular formula is C35H36N4O4. The highest BCUT2D eigenvalue weighted by atomic mass is 16.7. The molecule has 8 nitrogen and oxygen atoms in total. The summed E-state index contributed by atoms with van der Waals surface area (Å²) in [6.45, 7) is 3.57. The van der Waals surface area contributed by atoms with Gasteiger partial charge in [0, 0.05) is 37.3 Å². The van der Waals surface area contributed by atoms with Crippen molar-refractivity contribution in [1.29, 1.82) is 0 Å². The number of anilines is 2. The van der Waals surface area contributed by atoms with Crippen molar-refractivity contribution in [2.24, 2.45) is 5.73 Å². The van der Waals surface area contributed by atoms with Crippen molar-refractivity contribution in [2.75, 3.05) is 43.2 Å². The molecule has 0 atom stereocenters. The Labute approximate surface area is 252 Å². The molecule has 2 amide bonds. The van der Waals surface area contributed by atoms with Crippen LogP contribution in [0.3, 0.4) is 0 Å². The Morgan fingerprint density at radius 3 is 2.42 bits per heavy atom. The summed E-state index contributed by atoms with van der Waals surface area (Å²) in [7, 11) is 0. The summed E-state index contributed by atoms with van der Waals surface area (Å²) in [4.78, 5) is 30.9. The molecule has 220 valence electrons. The van der Waals surface area contributed by atoms with Crippen LogP contribution in [0.1, 0.15) is 45.5 Å². The van der Waals surface area contributed by atoms with E-state index >= 15 is 0 Å². The van der Waals surface area contributed by atoms with Gasteiger partial charge in [0.05, 0.1) is 11.4 Å². The van der Waals surface area contributed by atoms with Crippen molar-refractivity contribution < 1.29 is 19.1 Å². The maximum atomic E-state index is 13.6. The molecule has 43 heavy (non-hydrogen) atoms. The summed E-state index contributed by atoms with van der Waals surface area (Å²) in [5.74, 6) is 1.01. The first-order valence-corrected chi connectivity index (χ1v) is 14.8. The zero-order chi connectivity index (χ0) is 29.6. The van der Waals surface area contributed by atoms with E-state index in [9.17, 15) is 9.59 Å². The lowest BCUT2D eigenvalue weighted by molar-refractivity contribution is 0.0741. The summed E-state index contributed by atoms with van der Waals surface area (Å²) in [6.07, 6.45) is 2.97. The Kier molecular flexibility index (Phi) is 8.56. The van der Waals surface area contributed by atoms with Crippen LogP contribution in [0.15, 0.2) is 91.0 Å². The number of hydrogen-bond donors (Lipinski definition) is 2. The standard InChI is InChI=1S/C35H36N4O4/c36-16-7-19-39(35(41)29-13-15-32-33(22-29)43-24-42-32)23-25-8-6-11-27(20-25)28-12-14-31(38-17-4-5-18-38)30(21-28)37-34(40)26-9-2-1-3-10-26/h1-3,6,8-15,20-22H,4-5,7,16-19,23-24,36H2,(H,37,40). The van der Waals surface area contributed by atoms with Gasteiger partial charge in [-0.25, -0.2) is 0 Å². The van der Waals surface area contributed by atoms with E-state index in [0.717, 1.165) is 54.0 Å². The smallest absolute Gasteiger partial charge is 0.255 e. The van der Waals surface area contributed by atoms with Crippen molar-refractivity contribution in [3.63, 3.8) is 0 Å². The number of carbonyl (C=O) groups is 2. The molecule has 4 aromatic carbocycles. The minimum absolute atomic E-state index is 0.0852. The first-order chi connectivity index (χ1) is 21.1. The molecule has 1 fully saturated rings. The molecule has 0 radical (unpaired) electrons. The van der Waals surface area contributed by atoms with Crippen LogP contribution in [0.4, 0.5) is 11.4 Å². The summed E-state index contributed by atoms with van der Waals surface area (Å²) in [6, 6.07) is 29.0. The van der Waals surface area contributed by atoms with Gasteiger partial charge in [0.15, 0.2) is 11.5 Å². The van der Waals surface area contributed by atoms with Crippen molar-refractivity contribution in [2.45, 2.75) is 25.8 Å². The Morgan fingerprint density at radius 2 is 1.60 bits per heavy atom. The van der Waals surface area contributed by atoms with E-state index in [0.29, 0.717) is 48.7 Å². The van der Waals surface area contributed by atoms with Crippen LogP contribution < -0.4 is 25.4 Å². The quantitative estimate of drug-likeness (QED) is 0.243. The molecule has 0 aromatic heterocycles. The number of ether oxygens (including phenoxy) is 2. The predicted molar refractivity (Wildman–Crippen MR) is 169 cm³/mol. The number of nitrogens with two attached hydrogens (primary N) is 1. The number of benzene rings is 4. The Hall–Kier alpha value is -4.82. The van der Waals surface area contributed by atoms with E-state index in [-0.39, 0.29) is 18.6 Å². The van der Waals surface area contributed by atoms with Gasteiger partial charge < -0.3 is 30.3 Å². The summed E-state index contributed by atoms with van der Waals surface area (Å²) >= 11 is 0. The first-order valence-electron chi connectivity index (χ1n) is 14.8. The normalized spacial score (nSPS) is 13.7. The summed E-state index contributed by atoms with van der Waals surface area (Å²) in [5.41, 5.74) is 11.8.